The molecule has 1 N–H and O–H groups in total. The van der Waals surface area contributed by atoms with E-state index in [2.05, 4.69) is 5.32 Å². The van der Waals surface area contributed by atoms with Crippen LogP contribution in [0.5, 0.6) is 0 Å². The van der Waals surface area contributed by atoms with Crippen LogP contribution in [-0.2, 0) is 19.1 Å². The van der Waals surface area contributed by atoms with Gasteiger partial charge in [-0.3, -0.25) is 9.59 Å². The van der Waals surface area contributed by atoms with Crippen molar-refractivity contribution < 1.29 is 19.1 Å². The Morgan fingerprint density at radius 2 is 2.19 bits per heavy atom. The maximum absolute atomic E-state index is 13.1. The van der Waals surface area contributed by atoms with E-state index >= 15 is 0 Å². The first kappa shape index (κ1) is 17.5. The molecule has 3 heterocycles. The van der Waals surface area contributed by atoms with Gasteiger partial charge in [-0.05, 0) is 30.7 Å². The highest BCUT2D eigenvalue weighted by atomic mass is 35.5. The van der Waals surface area contributed by atoms with E-state index in [1.165, 1.54) is 0 Å². The summed E-state index contributed by atoms with van der Waals surface area (Å²) in [5.41, 5.74) is 0.0542. The molecule has 7 heteroatoms. The minimum absolute atomic E-state index is 0.0730. The summed E-state index contributed by atoms with van der Waals surface area (Å²) in [5.74, 6) is -1.19. The molecule has 1 aromatic rings. The maximum Gasteiger partial charge on any atom is 0.234 e. The molecular weight excluding hydrogens is 356 g/mol. The predicted octanol–water partition coefficient (Wildman–Crippen LogP) is 1.78. The molecule has 6 nitrogen and oxygen atoms in total. The summed E-state index contributed by atoms with van der Waals surface area (Å²) in [5, 5.41) is 3.53. The topological polar surface area (TPSA) is 67.9 Å². The lowest BCUT2D eigenvalue weighted by molar-refractivity contribution is -0.131. The molecule has 4 unspecified atom stereocenters. The number of halogens is 1. The Kier molecular flexibility index (Phi) is 4.50. The first-order valence-corrected chi connectivity index (χ1v) is 9.14. The van der Waals surface area contributed by atoms with Crippen molar-refractivity contribution in [3.05, 3.63) is 41.4 Å². The summed E-state index contributed by atoms with van der Waals surface area (Å²) in [6, 6.07) is 7.13. The van der Waals surface area contributed by atoms with Gasteiger partial charge in [0.05, 0.1) is 24.5 Å². The van der Waals surface area contributed by atoms with Crippen LogP contribution in [0.1, 0.15) is 6.42 Å². The molecule has 4 atom stereocenters. The number of fused-ring (bicyclic) bond motifs is 1. The molecule has 0 aromatic heterocycles. The normalized spacial score (nSPS) is 31.5. The number of methoxy groups -OCH3 is 1. The molecule has 0 radical (unpaired) electrons. The average Bonchev–Trinajstić information content (AvgIpc) is 3.28. The lowest BCUT2D eigenvalue weighted by Gasteiger charge is -2.23. The van der Waals surface area contributed by atoms with Crippen molar-refractivity contribution in [2.75, 3.05) is 31.7 Å². The zero-order valence-corrected chi connectivity index (χ0v) is 15.2. The van der Waals surface area contributed by atoms with Crippen molar-refractivity contribution in [1.29, 1.82) is 0 Å². The highest BCUT2D eigenvalue weighted by Gasteiger charge is 2.66. The fraction of sp³-hybridized carbons (Fsp3) is 0.474. The van der Waals surface area contributed by atoms with E-state index in [9.17, 15) is 9.59 Å². The number of carbonyl (C=O) groups excluding carboxylic acids is 2. The van der Waals surface area contributed by atoms with Crippen molar-refractivity contribution in [2.24, 2.45) is 11.8 Å². The van der Waals surface area contributed by atoms with E-state index in [-0.39, 0.29) is 17.9 Å². The highest BCUT2D eigenvalue weighted by Crippen LogP contribution is 2.52. The quantitative estimate of drug-likeness (QED) is 0.607. The second-order valence-corrected chi connectivity index (χ2v) is 7.37. The summed E-state index contributed by atoms with van der Waals surface area (Å²) in [6.07, 6.45) is 4.26. The van der Waals surface area contributed by atoms with Gasteiger partial charge in [-0.2, -0.15) is 0 Å². The van der Waals surface area contributed by atoms with Crippen LogP contribution in [0.25, 0.3) is 0 Å². The molecule has 0 aliphatic carbocycles. The zero-order chi connectivity index (χ0) is 18.3. The minimum Gasteiger partial charge on any atom is -0.385 e. The summed E-state index contributed by atoms with van der Waals surface area (Å²) in [4.78, 5) is 27.5. The van der Waals surface area contributed by atoms with Crippen LogP contribution >= 0.6 is 11.6 Å². The van der Waals surface area contributed by atoms with Crippen molar-refractivity contribution in [3.63, 3.8) is 0 Å². The monoisotopic (exact) mass is 376 g/mol. The number of amides is 2. The zero-order valence-electron chi connectivity index (χ0n) is 14.5. The first-order valence-electron chi connectivity index (χ1n) is 8.76. The number of ether oxygens (including phenoxy) is 2. The second kappa shape index (κ2) is 6.68. The maximum atomic E-state index is 13.1. The molecule has 0 saturated carbocycles. The third-order valence-electron chi connectivity index (χ3n) is 5.37. The summed E-state index contributed by atoms with van der Waals surface area (Å²) < 4.78 is 11.1. The van der Waals surface area contributed by atoms with Gasteiger partial charge in [0.25, 0.3) is 0 Å². The average molecular weight is 377 g/mol. The molecule has 2 fully saturated rings. The molecular formula is C19H21ClN2O4. The third-order valence-corrected chi connectivity index (χ3v) is 5.62. The van der Waals surface area contributed by atoms with E-state index in [1.807, 2.05) is 24.3 Å². The fourth-order valence-corrected chi connectivity index (χ4v) is 4.31. The van der Waals surface area contributed by atoms with Crippen molar-refractivity contribution in [2.45, 2.75) is 18.1 Å². The van der Waals surface area contributed by atoms with Gasteiger partial charge in [-0.15, -0.1) is 0 Å². The Bertz CT molecular complexity index is 750. The van der Waals surface area contributed by atoms with Crippen LogP contribution in [0, 0.1) is 11.8 Å². The van der Waals surface area contributed by atoms with E-state index in [0.717, 1.165) is 12.1 Å². The van der Waals surface area contributed by atoms with Gasteiger partial charge in [-0.1, -0.05) is 23.8 Å². The standard InChI is InChI=1S/C19H21ClN2O4/c1-25-10-2-9-21-17(23)15-14-7-8-19(26-14)11-22(18(24)16(15)19)13-5-3-12(20)4-6-13/h3-8,14-16H,2,9-11H2,1H3,(H,21,23). The SMILES string of the molecule is COCCCNC(=O)C1C2C=CC3(CN(c4ccc(Cl)cc4)C(=O)C13)O2. The number of rotatable bonds is 6. The predicted molar refractivity (Wildman–Crippen MR) is 97.0 cm³/mol. The number of hydrogen-bond acceptors (Lipinski definition) is 4. The molecule has 1 spiro atoms. The molecule has 2 amide bonds. The van der Waals surface area contributed by atoms with Crippen LogP contribution in [0.15, 0.2) is 36.4 Å². The Hall–Kier alpha value is -1.89. The number of carbonyl (C=O) groups is 2. The summed E-state index contributed by atoms with van der Waals surface area (Å²) in [7, 11) is 1.63. The van der Waals surface area contributed by atoms with Gasteiger partial charge in [0.15, 0.2) is 0 Å². The molecule has 3 aliphatic heterocycles. The smallest absolute Gasteiger partial charge is 0.234 e. The van der Waals surface area contributed by atoms with E-state index in [1.54, 1.807) is 24.1 Å². The lowest BCUT2D eigenvalue weighted by Crippen LogP contribution is -2.44. The van der Waals surface area contributed by atoms with Crippen molar-refractivity contribution in [3.8, 4) is 0 Å². The van der Waals surface area contributed by atoms with Crippen molar-refractivity contribution in [1.82, 2.24) is 5.32 Å². The van der Waals surface area contributed by atoms with Gasteiger partial charge in [0.1, 0.15) is 5.60 Å². The summed E-state index contributed by atoms with van der Waals surface area (Å²) >= 11 is 5.95. The van der Waals surface area contributed by atoms with Gasteiger partial charge in [-0.25, -0.2) is 0 Å². The Balaban J connectivity index is 1.53. The lowest BCUT2D eigenvalue weighted by atomic mass is 9.77. The number of nitrogens with one attached hydrogen (secondary N) is 1. The molecule has 3 aliphatic rings. The van der Waals surface area contributed by atoms with Crippen LogP contribution in [-0.4, -0.2) is 50.3 Å². The van der Waals surface area contributed by atoms with Crippen LogP contribution < -0.4 is 10.2 Å². The van der Waals surface area contributed by atoms with Crippen LogP contribution in [0.4, 0.5) is 5.69 Å². The Morgan fingerprint density at radius 3 is 2.92 bits per heavy atom. The van der Waals surface area contributed by atoms with Gasteiger partial charge in [0, 0.05) is 31.0 Å². The number of benzene rings is 1. The number of hydrogen-bond donors (Lipinski definition) is 1. The Morgan fingerprint density at radius 1 is 1.42 bits per heavy atom. The molecule has 1 aromatic carbocycles. The van der Waals surface area contributed by atoms with Crippen LogP contribution in [0.2, 0.25) is 5.02 Å². The van der Waals surface area contributed by atoms with Gasteiger partial charge < -0.3 is 19.7 Å². The van der Waals surface area contributed by atoms with E-state index in [4.69, 9.17) is 21.1 Å². The fourth-order valence-electron chi connectivity index (χ4n) is 4.18. The number of nitrogens with zero attached hydrogens (tertiary/aromatic N) is 1. The summed E-state index contributed by atoms with van der Waals surface area (Å²) in [6.45, 7) is 1.52. The Labute approximate surface area is 157 Å². The molecule has 26 heavy (non-hydrogen) atoms. The first-order chi connectivity index (χ1) is 12.6. The molecule has 4 rings (SSSR count). The van der Waals surface area contributed by atoms with Crippen molar-refractivity contribution >= 4 is 29.1 Å². The van der Waals surface area contributed by atoms with Gasteiger partial charge in [0.2, 0.25) is 11.8 Å². The van der Waals surface area contributed by atoms with E-state index in [0.29, 0.717) is 24.7 Å². The molecule has 138 valence electrons. The minimum atomic E-state index is -0.712. The molecule has 2 bridgehead atoms. The largest absolute Gasteiger partial charge is 0.385 e. The van der Waals surface area contributed by atoms with Crippen LogP contribution in [0.3, 0.4) is 0 Å². The van der Waals surface area contributed by atoms with Gasteiger partial charge >= 0.3 is 0 Å². The van der Waals surface area contributed by atoms with E-state index < -0.39 is 17.4 Å². The number of anilines is 1. The second-order valence-electron chi connectivity index (χ2n) is 6.94. The highest BCUT2D eigenvalue weighted by molar-refractivity contribution is 6.30. The third kappa shape index (κ3) is 2.73. The molecule has 2 saturated heterocycles.